The molecule has 0 aromatic rings. The van der Waals surface area contributed by atoms with Crippen LogP contribution in [-0.4, -0.2) is 54.2 Å². The smallest absolute Gasteiger partial charge is 0.326 e. The van der Waals surface area contributed by atoms with E-state index < -0.39 is 24.0 Å². The quantitative estimate of drug-likeness (QED) is 0.656. The Kier molecular flexibility index (Phi) is 5.59. The lowest BCUT2D eigenvalue weighted by Crippen LogP contribution is -2.49. The average Bonchev–Trinajstić information content (AvgIpc) is 3.18. The highest BCUT2D eigenvalue weighted by Crippen LogP contribution is 2.29. The molecule has 0 spiro atoms. The highest BCUT2D eigenvalue weighted by Gasteiger charge is 2.29. The summed E-state index contributed by atoms with van der Waals surface area (Å²) in [5.41, 5.74) is 0. The second-order valence-corrected chi connectivity index (χ2v) is 4.60. The van der Waals surface area contributed by atoms with Gasteiger partial charge in [-0.25, -0.2) is 9.59 Å². The Bertz CT molecular complexity index is 354. The van der Waals surface area contributed by atoms with Crippen molar-refractivity contribution in [3.8, 4) is 0 Å². The topological polar surface area (TPSA) is 95.9 Å². The molecule has 0 aromatic heterocycles. The van der Waals surface area contributed by atoms with Crippen LogP contribution in [0.1, 0.15) is 26.2 Å². The molecule has 0 bridgehead atoms. The van der Waals surface area contributed by atoms with E-state index >= 15 is 0 Å². The molecule has 1 fully saturated rings. The van der Waals surface area contributed by atoms with E-state index in [-0.39, 0.29) is 6.42 Å². The number of methoxy groups -OCH3 is 1. The Labute approximate surface area is 111 Å². The molecule has 1 aliphatic carbocycles. The molecule has 0 saturated heterocycles. The van der Waals surface area contributed by atoms with Crippen LogP contribution in [0.4, 0.5) is 4.79 Å². The van der Waals surface area contributed by atoms with Gasteiger partial charge in [0.25, 0.3) is 0 Å². The number of hydrogen-bond acceptors (Lipinski definition) is 4. The Morgan fingerprint density at radius 2 is 2.05 bits per heavy atom. The van der Waals surface area contributed by atoms with E-state index in [0.29, 0.717) is 19.0 Å². The van der Waals surface area contributed by atoms with Gasteiger partial charge in [-0.2, -0.15) is 0 Å². The van der Waals surface area contributed by atoms with E-state index in [1.54, 1.807) is 4.90 Å². The van der Waals surface area contributed by atoms with Gasteiger partial charge in [0.15, 0.2) is 0 Å². The zero-order chi connectivity index (χ0) is 14.4. The molecule has 0 aliphatic heterocycles. The molecule has 0 aromatic carbocycles. The number of rotatable bonds is 7. The number of amides is 2. The number of nitrogens with one attached hydrogen (secondary N) is 1. The molecule has 2 amide bonds. The number of aliphatic carboxylic acids is 1. The Morgan fingerprint density at radius 3 is 2.47 bits per heavy atom. The zero-order valence-electron chi connectivity index (χ0n) is 11.2. The monoisotopic (exact) mass is 272 g/mol. The van der Waals surface area contributed by atoms with Gasteiger partial charge in [0.1, 0.15) is 6.04 Å². The third-order valence-electron chi connectivity index (χ3n) is 3.04. The fourth-order valence-electron chi connectivity index (χ4n) is 1.66. The molecular weight excluding hydrogens is 252 g/mol. The first-order valence-electron chi connectivity index (χ1n) is 6.33. The zero-order valence-corrected chi connectivity index (χ0v) is 11.2. The van der Waals surface area contributed by atoms with Gasteiger partial charge >= 0.3 is 18.0 Å². The highest BCUT2D eigenvalue weighted by atomic mass is 16.5. The van der Waals surface area contributed by atoms with Crippen molar-refractivity contribution >= 4 is 18.0 Å². The van der Waals surface area contributed by atoms with Gasteiger partial charge in [0, 0.05) is 13.1 Å². The lowest BCUT2D eigenvalue weighted by molar-refractivity contribution is -0.147. The fraction of sp³-hybridized carbons (Fsp3) is 0.750. The van der Waals surface area contributed by atoms with E-state index in [1.807, 2.05) is 6.92 Å². The van der Waals surface area contributed by atoms with Crippen LogP contribution >= 0.6 is 0 Å². The molecular formula is C12H20N2O5. The Morgan fingerprint density at radius 1 is 1.42 bits per heavy atom. The molecule has 7 nitrogen and oxygen atoms in total. The van der Waals surface area contributed by atoms with Crippen LogP contribution in [0.25, 0.3) is 0 Å². The van der Waals surface area contributed by atoms with Gasteiger partial charge in [-0.15, -0.1) is 0 Å². The summed E-state index contributed by atoms with van der Waals surface area (Å²) in [5, 5.41) is 11.3. The van der Waals surface area contributed by atoms with Gasteiger partial charge in [-0.05, 0) is 25.7 Å². The SMILES string of the molecule is CCN(CC1CC1)C(=O)N[C@@H](CC(=O)OC)C(=O)O. The van der Waals surface area contributed by atoms with Crippen molar-refractivity contribution in [3.05, 3.63) is 0 Å². The number of carboxylic acid groups (broad SMARTS) is 1. The van der Waals surface area contributed by atoms with Crippen molar-refractivity contribution in [1.82, 2.24) is 10.2 Å². The summed E-state index contributed by atoms with van der Waals surface area (Å²) in [6.07, 6.45) is 1.83. The maximum absolute atomic E-state index is 11.9. The molecule has 1 saturated carbocycles. The van der Waals surface area contributed by atoms with Crippen LogP contribution in [0.3, 0.4) is 0 Å². The summed E-state index contributed by atoms with van der Waals surface area (Å²) >= 11 is 0. The lowest BCUT2D eigenvalue weighted by atomic mass is 10.2. The first-order valence-corrected chi connectivity index (χ1v) is 6.33. The minimum absolute atomic E-state index is 0.376. The molecule has 1 rings (SSSR count). The Balaban J connectivity index is 2.52. The van der Waals surface area contributed by atoms with Crippen molar-refractivity contribution in [3.63, 3.8) is 0 Å². The molecule has 0 unspecified atom stereocenters. The highest BCUT2D eigenvalue weighted by molar-refractivity contribution is 5.86. The third kappa shape index (κ3) is 5.15. The van der Waals surface area contributed by atoms with Crippen LogP contribution in [0, 0.1) is 5.92 Å². The van der Waals surface area contributed by atoms with Crippen molar-refractivity contribution in [2.75, 3.05) is 20.2 Å². The van der Waals surface area contributed by atoms with Crippen molar-refractivity contribution in [2.24, 2.45) is 5.92 Å². The lowest BCUT2D eigenvalue weighted by Gasteiger charge is -2.23. The number of ether oxygens (including phenoxy) is 1. The van der Waals surface area contributed by atoms with Crippen LogP contribution in [0.15, 0.2) is 0 Å². The number of carboxylic acids is 1. The fourth-order valence-corrected chi connectivity index (χ4v) is 1.66. The average molecular weight is 272 g/mol. The van der Waals surface area contributed by atoms with Gasteiger partial charge < -0.3 is 20.1 Å². The van der Waals surface area contributed by atoms with Crippen molar-refractivity contribution < 1.29 is 24.2 Å². The van der Waals surface area contributed by atoms with Crippen molar-refractivity contribution in [2.45, 2.75) is 32.2 Å². The summed E-state index contributed by atoms with van der Waals surface area (Å²) in [4.78, 5) is 35.6. The summed E-state index contributed by atoms with van der Waals surface area (Å²) in [5.74, 6) is -1.39. The summed E-state index contributed by atoms with van der Waals surface area (Å²) in [6, 6.07) is -1.71. The minimum Gasteiger partial charge on any atom is -0.480 e. The van der Waals surface area contributed by atoms with Crippen LogP contribution < -0.4 is 5.32 Å². The molecule has 0 radical (unpaired) electrons. The van der Waals surface area contributed by atoms with E-state index in [0.717, 1.165) is 12.8 Å². The first kappa shape index (κ1) is 15.3. The first-order chi connectivity index (χ1) is 8.97. The molecule has 108 valence electrons. The second-order valence-electron chi connectivity index (χ2n) is 4.60. The van der Waals surface area contributed by atoms with E-state index in [2.05, 4.69) is 10.1 Å². The normalized spacial score (nSPS) is 15.5. The predicted octanol–water partition coefficient (Wildman–Crippen LogP) is 0.444. The molecule has 2 N–H and O–H groups in total. The number of hydrogen-bond donors (Lipinski definition) is 2. The standard InChI is InChI=1S/C12H20N2O5/c1-3-14(7-8-4-5-8)12(18)13-9(11(16)17)6-10(15)19-2/h8-9H,3-7H2,1-2H3,(H,13,18)(H,16,17)/t9-/m0/s1. The van der Waals surface area contributed by atoms with E-state index in [4.69, 9.17) is 5.11 Å². The van der Waals surface area contributed by atoms with Crippen molar-refractivity contribution in [1.29, 1.82) is 0 Å². The van der Waals surface area contributed by atoms with Crippen LogP contribution in [0.5, 0.6) is 0 Å². The van der Waals surface area contributed by atoms with E-state index in [9.17, 15) is 14.4 Å². The molecule has 1 aliphatic rings. The predicted molar refractivity (Wildman–Crippen MR) is 66.6 cm³/mol. The maximum Gasteiger partial charge on any atom is 0.326 e. The largest absolute Gasteiger partial charge is 0.480 e. The van der Waals surface area contributed by atoms with E-state index in [1.165, 1.54) is 7.11 Å². The number of esters is 1. The third-order valence-corrected chi connectivity index (χ3v) is 3.04. The minimum atomic E-state index is -1.26. The van der Waals surface area contributed by atoms with Crippen LogP contribution in [-0.2, 0) is 14.3 Å². The number of carbonyl (C=O) groups is 3. The molecule has 1 atom stereocenters. The molecule has 19 heavy (non-hydrogen) atoms. The van der Waals surface area contributed by atoms with Gasteiger partial charge in [0.05, 0.1) is 13.5 Å². The van der Waals surface area contributed by atoms with Gasteiger partial charge in [-0.1, -0.05) is 0 Å². The van der Waals surface area contributed by atoms with Crippen LogP contribution in [0.2, 0.25) is 0 Å². The van der Waals surface area contributed by atoms with Gasteiger partial charge in [-0.3, -0.25) is 4.79 Å². The second kappa shape index (κ2) is 6.96. The molecule has 7 heteroatoms. The number of carbonyl (C=O) groups excluding carboxylic acids is 2. The number of nitrogens with zero attached hydrogens (tertiary/aromatic N) is 1. The summed E-state index contributed by atoms with van der Waals surface area (Å²) in [7, 11) is 1.18. The Hall–Kier alpha value is -1.79. The summed E-state index contributed by atoms with van der Waals surface area (Å²) in [6.45, 7) is 2.97. The maximum atomic E-state index is 11.9. The molecule has 0 heterocycles. The number of urea groups is 1. The summed E-state index contributed by atoms with van der Waals surface area (Å²) < 4.78 is 4.41. The van der Waals surface area contributed by atoms with Gasteiger partial charge in [0.2, 0.25) is 0 Å².